The monoisotopic (exact) mass is 280 g/mol. The third-order valence-corrected chi connectivity index (χ3v) is 2.96. The lowest BCUT2D eigenvalue weighted by Gasteiger charge is -2.17. The quantitative estimate of drug-likeness (QED) is 0.705. The van der Waals surface area contributed by atoms with E-state index in [4.69, 9.17) is 4.74 Å². The van der Waals surface area contributed by atoms with Crippen molar-refractivity contribution >= 4 is 5.82 Å². The molecule has 0 saturated heterocycles. The second-order valence-electron chi connectivity index (χ2n) is 5.53. The van der Waals surface area contributed by atoms with E-state index in [1.165, 1.54) is 0 Å². The first-order valence-electron chi connectivity index (χ1n) is 7.42. The number of hydrogen-bond donors (Lipinski definition) is 1. The fourth-order valence-corrected chi connectivity index (χ4v) is 1.95. The summed E-state index contributed by atoms with van der Waals surface area (Å²) in [5.74, 6) is 1.95. The first-order chi connectivity index (χ1) is 9.56. The van der Waals surface area contributed by atoms with Crippen LogP contribution in [-0.4, -0.2) is 48.7 Å². The molecule has 1 N–H and O–H groups in total. The summed E-state index contributed by atoms with van der Waals surface area (Å²) < 4.78 is 5.85. The molecule has 0 aliphatic heterocycles. The molecule has 0 aliphatic carbocycles. The van der Waals surface area contributed by atoms with Crippen molar-refractivity contribution < 1.29 is 4.74 Å². The van der Waals surface area contributed by atoms with Gasteiger partial charge in [0.25, 0.3) is 0 Å². The second kappa shape index (κ2) is 8.74. The summed E-state index contributed by atoms with van der Waals surface area (Å²) in [6.07, 6.45) is 3.64. The van der Waals surface area contributed by atoms with Crippen LogP contribution in [0.15, 0.2) is 6.33 Å². The van der Waals surface area contributed by atoms with Gasteiger partial charge in [-0.3, -0.25) is 0 Å². The minimum absolute atomic E-state index is 0.333. The largest absolute Gasteiger partial charge is 0.477 e. The van der Waals surface area contributed by atoms with Crippen molar-refractivity contribution in [3.05, 3.63) is 11.9 Å². The highest BCUT2D eigenvalue weighted by Gasteiger charge is 2.15. The van der Waals surface area contributed by atoms with E-state index in [-0.39, 0.29) is 0 Å². The van der Waals surface area contributed by atoms with E-state index in [9.17, 15) is 0 Å². The topological polar surface area (TPSA) is 50.3 Å². The molecule has 1 heterocycles. The van der Waals surface area contributed by atoms with Crippen LogP contribution in [0.25, 0.3) is 0 Å². The predicted molar refractivity (Wildman–Crippen MR) is 83.6 cm³/mol. The van der Waals surface area contributed by atoms with Gasteiger partial charge in [-0.2, -0.15) is 0 Å². The third kappa shape index (κ3) is 5.33. The molecule has 0 amide bonds. The second-order valence-corrected chi connectivity index (χ2v) is 5.53. The zero-order valence-electron chi connectivity index (χ0n) is 13.4. The summed E-state index contributed by atoms with van der Waals surface area (Å²) in [5, 5.41) is 3.35. The van der Waals surface area contributed by atoms with Crippen LogP contribution in [0.3, 0.4) is 0 Å². The Balaban J connectivity index is 2.73. The molecule has 114 valence electrons. The number of aromatic nitrogens is 2. The predicted octanol–water partition coefficient (Wildman–Crippen LogP) is 2.75. The smallest absolute Gasteiger partial charge is 0.222 e. The van der Waals surface area contributed by atoms with Gasteiger partial charge in [-0.05, 0) is 32.9 Å². The Morgan fingerprint density at radius 1 is 1.30 bits per heavy atom. The van der Waals surface area contributed by atoms with Crippen LogP contribution in [0.4, 0.5) is 5.82 Å². The van der Waals surface area contributed by atoms with Gasteiger partial charge in [0.15, 0.2) is 0 Å². The van der Waals surface area contributed by atoms with E-state index in [0.29, 0.717) is 18.4 Å². The Hall–Kier alpha value is -1.36. The van der Waals surface area contributed by atoms with Gasteiger partial charge in [-0.15, -0.1) is 0 Å². The lowest BCUT2D eigenvalue weighted by Crippen LogP contribution is -2.16. The molecule has 0 aliphatic rings. The standard InChI is InChI=1S/C15H28N4O/c1-6-8-16-14-13(12(2)3)15(18-11-17-14)20-10-7-9-19(4)5/h11-12H,6-10H2,1-5H3,(H,16,17,18). The van der Waals surface area contributed by atoms with Crippen LogP contribution < -0.4 is 10.1 Å². The molecule has 1 aromatic heterocycles. The van der Waals surface area contributed by atoms with Crippen LogP contribution in [0.2, 0.25) is 0 Å². The third-order valence-electron chi connectivity index (χ3n) is 2.96. The maximum Gasteiger partial charge on any atom is 0.222 e. The molecule has 0 radical (unpaired) electrons. The van der Waals surface area contributed by atoms with E-state index in [0.717, 1.165) is 37.3 Å². The van der Waals surface area contributed by atoms with Crippen LogP contribution in [-0.2, 0) is 0 Å². The van der Waals surface area contributed by atoms with E-state index in [2.05, 4.69) is 55.1 Å². The molecule has 20 heavy (non-hydrogen) atoms. The molecule has 0 aromatic carbocycles. The number of hydrogen-bond acceptors (Lipinski definition) is 5. The lowest BCUT2D eigenvalue weighted by atomic mass is 10.1. The van der Waals surface area contributed by atoms with Gasteiger partial charge in [-0.1, -0.05) is 20.8 Å². The molecular weight excluding hydrogens is 252 g/mol. The Kier molecular flexibility index (Phi) is 7.30. The SMILES string of the molecule is CCCNc1ncnc(OCCCN(C)C)c1C(C)C. The van der Waals surface area contributed by atoms with E-state index in [1.54, 1.807) is 6.33 Å². The zero-order chi connectivity index (χ0) is 15.0. The van der Waals surface area contributed by atoms with Crippen molar-refractivity contribution in [3.8, 4) is 5.88 Å². The fraction of sp³-hybridized carbons (Fsp3) is 0.733. The van der Waals surface area contributed by atoms with Gasteiger partial charge in [0, 0.05) is 13.1 Å². The Morgan fingerprint density at radius 2 is 2.05 bits per heavy atom. The minimum Gasteiger partial charge on any atom is -0.477 e. The average molecular weight is 280 g/mol. The summed E-state index contributed by atoms with van der Waals surface area (Å²) in [6, 6.07) is 0. The van der Waals surface area contributed by atoms with Gasteiger partial charge in [-0.25, -0.2) is 9.97 Å². The van der Waals surface area contributed by atoms with Crippen molar-refractivity contribution in [2.75, 3.05) is 39.1 Å². The normalized spacial score (nSPS) is 11.2. The molecule has 0 spiro atoms. The molecular formula is C15H28N4O. The van der Waals surface area contributed by atoms with Gasteiger partial charge in [0.05, 0.1) is 12.2 Å². The van der Waals surface area contributed by atoms with Crippen LogP contribution in [0, 0.1) is 0 Å². The highest BCUT2D eigenvalue weighted by Crippen LogP contribution is 2.29. The zero-order valence-corrected chi connectivity index (χ0v) is 13.4. The van der Waals surface area contributed by atoms with Crippen molar-refractivity contribution in [1.82, 2.24) is 14.9 Å². The molecule has 0 atom stereocenters. The van der Waals surface area contributed by atoms with Crippen molar-refractivity contribution in [2.45, 2.75) is 39.5 Å². The van der Waals surface area contributed by atoms with Crippen molar-refractivity contribution in [3.63, 3.8) is 0 Å². The summed E-state index contributed by atoms with van der Waals surface area (Å²) in [5.41, 5.74) is 1.07. The van der Waals surface area contributed by atoms with E-state index in [1.807, 2.05) is 0 Å². The van der Waals surface area contributed by atoms with Crippen LogP contribution in [0.5, 0.6) is 5.88 Å². The van der Waals surface area contributed by atoms with E-state index < -0.39 is 0 Å². The molecule has 5 heteroatoms. The van der Waals surface area contributed by atoms with Crippen LogP contribution >= 0.6 is 0 Å². The van der Waals surface area contributed by atoms with Crippen molar-refractivity contribution in [1.29, 1.82) is 0 Å². The van der Waals surface area contributed by atoms with Gasteiger partial charge < -0.3 is 15.0 Å². The van der Waals surface area contributed by atoms with Crippen molar-refractivity contribution in [2.24, 2.45) is 0 Å². The highest BCUT2D eigenvalue weighted by molar-refractivity contribution is 5.50. The first-order valence-corrected chi connectivity index (χ1v) is 7.42. The molecule has 0 saturated carbocycles. The highest BCUT2D eigenvalue weighted by atomic mass is 16.5. The van der Waals surface area contributed by atoms with Gasteiger partial charge >= 0.3 is 0 Å². The number of rotatable bonds is 9. The Bertz CT molecular complexity index is 393. The summed E-state index contributed by atoms with van der Waals surface area (Å²) >= 11 is 0. The number of ether oxygens (including phenoxy) is 1. The molecule has 0 fully saturated rings. The fourth-order valence-electron chi connectivity index (χ4n) is 1.95. The maximum atomic E-state index is 5.85. The number of nitrogens with zero attached hydrogens (tertiary/aromatic N) is 3. The molecule has 0 bridgehead atoms. The lowest BCUT2D eigenvalue weighted by molar-refractivity contribution is 0.269. The first kappa shape index (κ1) is 16.7. The Morgan fingerprint density at radius 3 is 2.65 bits per heavy atom. The van der Waals surface area contributed by atoms with Gasteiger partial charge in [0.2, 0.25) is 5.88 Å². The molecule has 5 nitrogen and oxygen atoms in total. The minimum atomic E-state index is 0.333. The van der Waals surface area contributed by atoms with Gasteiger partial charge in [0.1, 0.15) is 12.1 Å². The summed E-state index contributed by atoms with van der Waals surface area (Å²) in [6.45, 7) is 9.04. The average Bonchev–Trinajstić information content (AvgIpc) is 2.40. The van der Waals surface area contributed by atoms with E-state index >= 15 is 0 Å². The molecule has 1 rings (SSSR count). The Labute approximate surface area is 122 Å². The summed E-state index contributed by atoms with van der Waals surface area (Å²) in [7, 11) is 4.13. The number of anilines is 1. The maximum absolute atomic E-state index is 5.85. The molecule has 0 unspecified atom stereocenters. The summed E-state index contributed by atoms with van der Waals surface area (Å²) in [4.78, 5) is 10.8. The van der Waals surface area contributed by atoms with Crippen LogP contribution in [0.1, 0.15) is 45.1 Å². The molecule has 1 aromatic rings. The number of nitrogens with one attached hydrogen (secondary N) is 1.